The van der Waals surface area contributed by atoms with Crippen LogP contribution in [0.1, 0.15) is 39.7 Å². The van der Waals surface area contributed by atoms with Gasteiger partial charge in [-0.25, -0.2) is 4.79 Å². The number of amides is 1. The van der Waals surface area contributed by atoms with Crippen molar-refractivity contribution in [3.8, 4) is 11.8 Å². The number of nitrogens with zero attached hydrogens (tertiary/aromatic N) is 2. The summed E-state index contributed by atoms with van der Waals surface area (Å²) in [7, 11) is 0. The first-order valence-corrected chi connectivity index (χ1v) is 7.62. The lowest BCUT2D eigenvalue weighted by atomic mass is 10.2. The number of fused-ring (bicyclic) bond motifs is 1. The molecule has 6 heteroatoms. The number of carbonyl (C=O) groups excluding carboxylic acids is 1. The molecule has 0 bridgehead atoms. The number of hydrogen-bond acceptors (Lipinski definition) is 5. The average molecular weight is 308 g/mol. The maximum atomic E-state index is 12.2. The number of pyridine rings is 1. The van der Waals surface area contributed by atoms with Crippen LogP contribution in [0.4, 0.5) is 4.79 Å². The first-order valence-electron chi connectivity index (χ1n) is 7.62. The van der Waals surface area contributed by atoms with E-state index in [0.29, 0.717) is 38.1 Å². The minimum atomic E-state index is -0.511. The fraction of sp³-hybridized carbons (Fsp3) is 0.625. The second-order valence-corrected chi connectivity index (χ2v) is 6.21. The van der Waals surface area contributed by atoms with Crippen molar-refractivity contribution >= 4 is 6.09 Å². The predicted octanol–water partition coefficient (Wildman–Crippen LogP) is 3.00. The molecule has 0 aliphatic carbocycles. The summed E-state index contributed by atoms with van der Waals surface area (Å²) >= 11 is 0. The van der Waals surface area contributed by atoms with E-state index in [1.165, 1.54) is 0 Å². The largest absolute Gasteiger partial charge is 0.478 e. The molecule has 0 aromatic carbocycles. The van der Waals surface area contributed by atoms with Crippen LogP contribution in [-0.2, 0) is 11.3 Å². The Morgan fingerprint density at radius 3 is 2.86 bits per heavy atom. The van der Waals surface area contributed by atoms with Crippen LogP contribution in [0.5, 0.6) is 11.8 Å². The highest BCUT2D eigenvalue weighted by Gasteiger charge is 2.25. The average Bonchev–Trinajstić information content (AvgIpc) is 2.65. The van der Waals surface area contributed by atoms with Crippen LogP contribution in [0.2, 0.25) is 0 Å². The highest BCUT2D eigenvalue weighted by Crippen LogP contribution is 2.25. The van der Waals surface area contributed by atoms with Crippen LogP contribution < -0.4 is 9.47 Å². The van der Waals surface area contributed by atoms with Gasteiger partial charge in [-0.2, -0.15) is 4.98 Å². The van der Waals surface area contributed by atoms with Crippen molar-refractivity contribution < 1.29 is 19.0 Å². The van der Waals surface area contributed by atoms with Crippen LogP contribution in [-0.4, -0.2) is 41.3 Å². The summed E-state index contributed by atoms with van der Waals surface area (Å²) in [5.41, 5.74) is 0.343. The summed E-state index contributed by atoms with van der Waals surface area (Å²) in [6.07, 6.45) is 0.585. The zero-order chi connectivity index (χ0) is 16.2. The van der Waals surface area contributed by atoms with E-state index in [-0.39, 0.29) is 6.09 Å². The number of ether oxygens (including phenoxy) is 3. The molecule has 122 valence electrons. The zero-order valence-electron chi connectivity index (χ0n) is 13.7. The second-order valence-electron chi connectivity index (χ2n) is 6.21. The van der Waals surface area contributed by atoms with E-state index in [9.17, 15) is 4.79 Å². The van der Waals surface area contributed by atoms with Crippen LogP contribution in [0.15, 0.2) is 12.1 Å². The van der Waals surface area contributed by atoms with E-state index in [2.05, 4.69) is 4.98 Å². The molecule has 2 heterocycles. The Labute approximate surface area is 131 Å². The third kappa shape index (κ3) is 4.51. The predicted molar refractivity (Wildman–Crippen MR) is 82.2 cm³/mol. The molecule has 0 spiro atoms. The van der Waals surface area contributed by atoms with E-state index in [1.807, 2.05) is 33.8 Å². The third-order valence-corrected chi connectivity index (χ3v) is 2.98. The molecule has 0 saturated carbocycles. The summed E-state index contributed by atoms with van der Waals surface area (Å²) in [6, 6.07) is 3.69. The summed E-state index contributed by atoms with van der Waals surface area (Å²) in [5, 5.41) is 0. The molecule has 6 nitrogen and oxygen atoms in total. The lowest BCUT2D eigenvalue weighted by Gasteiger charge is -2.25. The van der Waals surface area contributed by atoms with E-state index in [1.54, 1.807) is 11.0 Å². The van der Waals surface area contributed by atoms with Gasteiger partial charge in [0.2, 0.25) is 11.8 Å². The van der Waals surface area contributed by atoms with E-state index >= 15 is 0 Å². The minimum Gasteiger partial charge on any atom is -0.478 e. The van der Waals surface area contributed by atoms with Crippen molar-refractivity contribution in [2.24, 2.45) is 0 Å². The highest BCUT2D eigenvalue weighted by molar-refractivity contribution is 5.68. The smallest absolute Gasteiger partial charge is 0.410 e. The Kier molecular flexibility index (Phi) is 5.11. The highest BCUT2D eigenvalue weighted by atomic mass is 16.6. The van der Waals surface area contributed by atoms with Gasteiger partial charge >= 0.3 is 6.09 Å². The SMILES string of the molecule is CCCOc1ccc2c(n1)OCCN(C(=O)OC(C)(C)C)C2. The number of hydrogen-bond donors (Lipinski definition) is 0. The first-order chi connectivity index (χ1) is 10.4. The Morgan fingerprint density at radius 1 is 1.41 bits per heavy atom. The fourth-order valence-electron chi connectivity index (χ4n) is 2.00. The monoisotopic (exact) mass is 308 g/mol. The van der Waals surface area contributed by atoms with Crippen molar-refractivity contribution in [3.63, 3.8) is 0 Å². The Hall–Kier alpha value is -1.98. The molecule has 1 aromatic rings. The molecule has 0 radical (unpaired) electrons. The maximum absolute atomic E-state index is 12.2. The minimum absolute atomic E-state index is 0.338. The van der Waals surface area contributed by atoms with Crippen LogP contribution in [0, 0.1) is 0 Å². The molecule has 0 N–H and O–H groups in total. The third-order valence-electron chi connectivity index (χ3n) is 2.98. The Morgan fingerprint density at radius 2 is 2.18 bits per heavy atom. The second kappa shape index (κ2) is 6.85. The summed E-state index contributed by atoms with van der Waals surface area (Å²) in [4.78, 5) is 18.2. The van der Waals surface area contributed by atoms with Crippen molar-refractivity contribution in [2.45, 2.75) is 46.3 Å². The van der Waals surface area contributed by atoms with Gasteiger partial charge in [0.1, 0.15) is 12.2 Å². The topological polar surface area (TPSA) is 60.9 Å². The van der Waals surface area contributed by atoms with Crippen LogP contribution in [0.25, 0.3) is 0 Å². The molecule has 1 aliphatic rings. The van der Waals surface area contributed by atoms with E-state index in [4.69, 9.17) is 14.2 Å². The van der Waals surface area contributed by atoms with Crippen molar-refractivity contribution in [1.82, 2.24) is 9.88 Å². The Bertz CT molecular complexity index is 525. The van der Waals surface area contributed by atoms with Crippen molar-refractivity contribution in [3.05, 3.63) is 17.7 Å². The molecular formula is C16H24N2O4. The van der Waals surface area contributed by atoms with Gasteiger partial charge in [-0.15, -0.1) is 0 Å². The molecule has 0 unspecified atom stereocenters. The van der Waals surface area contributed by atoms with Gasteiger partial charge in [-0.1, -0.05) is 6.92 Å². The Balaban J connectivity index is 2.08. The van der Waals surface area contributed by atoms with Gasteiger partial charge in [0, 0.05) is 11.6 Å². The molecule has 1 aromatic heterocycles. The molecule has 1 amide bonds. The van der Waals surface area contributed by atoms with Gasteiger partial charge in [-0.3, -0.25) is 0 Å². The molecule has 0 fully saturated rings. The van der Waals surface area contributed by atoms with Gasteiger partial charge < -0.3 is 19.1 Å². The molecule has 0 atom stereocenters. The first kappa shape index (κ1) is 16.4. The molecule has 1 aliphatic heterocycles. The van der Waals surface area contributed by atoms with Gasteiger partial charge in [0.05, 0.1) is 19.7 Å². The normalized spacial score (nSPS) is 14.6. The van der Waals surface area contributed by atoms with Crippen LogP contribution >= 0.6 is 0 Å². The standard InChI is InChI=1S/C16H24N2O4/c1-5-9-20-13-7-6-12-11-18(8-10-21-14(12)17-13)15(19)22-16(2,3)4/h6-7H,5,8-11H2,1-4H3. The van der Waals surface area contributed by atoms with Gasteiger partial charge in [0.25, 0.3) is 0 Å². The van der Waals surface area contributed by atoms with Crippen molar-refractivity contribution in [2.75, 3.05) is 19.8 Å². The summed E-state index contributed by atoms with van der Waals surface area (Å²) in [5.74, 6) is 1.07. The number of carbonyl (C=O) groups is 1. The van der Waals surface area contributed by atoms with E-state index < -0.39 is 5.60 Å². The molecule has 2 rings (SSSR count). The quantitative estimate of drug-likeness (QED) is 0.859. The summed E-state index contributed by atoms with van der Waals surface area (Å²) < 4.78 is 16.6. The fourth-order valence-corrected chi connectivity index (χ4v) is 2.00. The number of rotatable bonds is 3. The molecular weight excluding hydrogens is 284 g/mol. The van der Waals surface area contributed by atoms with Crippen LogP contribution in [0.3, 0.4) is 0 Å². The van der Waals surface area contributed by atoms with E-state index in [0.717, 1.165) is 12.0 Å². The molecule has 22 heavy (non-hydrogen) atoms. The zero-order valence-corrected chi connectivity index (χ0v) is 13.7. The van der Waals surface area contributed by atoms with Crippen molar-refractivity contribution in [1.29, 1.82) is 0 Å². The molecule has 0 saturated heterocycles. The maximum Gasteiger partial charge on any atom is 0.410 e. The number of aromatic nitrogens is 1. The lowest BCUT2D eigenvalue weighted by molar-refractivity contribution is 0.0225. The lowest BCUT2D eigenvalue weighted by Crippen LogP contribution is -2.37. The van der Waals surface area contributed by atoms with Gasteiger partial charge in [0.15, 0.2) is 0 Å². The summed E-state index contributed by atoms with van der Waals surface area (Å²) in [6.45, 7) is 9.50. The van der Waals surface area contributed by atoms with Gasteiger partial charge in [-0.05, 0) is 33.3 Å².